The molecule has 0 saturated carbocycles. The summed E-state index contributed by atoms with van der Waals surface area (Å²) in [7, 11) is 1.29. The van der Waals surface area contributed by atoms with Crippen LogP contribution in [0.4, 0.5) is 4.39 Å². The van der Waals surface area contributed by atoms with Crippen molar-refractivity contribution < 1.29 is 23.8 Å². The highest BCUT2D eigenvalue weighted by Crippen LogP contribution is 2.15. The Kier molecular flexibility index (Phi) is 6.24. The summed E-state index contributed by atoms with van der Waals surface area (Å²) in [5.41, 5.74) is 0. The molecule has 0 fully saturated rings. The van der Waals surface area contributed by atoms with Gasteiger partial charge in [0, 0.05) is 6.54 Å². The minimum atomic E-state index is -0.855. The first-order valence-electron chi connectivity index (χ1n) is 5.91. The van der Waals surface area contributed by atoms with E-state index in [0.717, 1.165) is 0 Å². The molecule has 0 spiro atoms. The lowest BCUT2D eigenvalue weighted by Gasteiger charge is -2.16. The fourth-order valence-electron chi connectivity index (χ4n) is 1.38. The van der Waals surface area contributed by atoms with E-state index >= 15 is 0 Å². The van der Waals surface area contributed by atoms with E-state index in [4.69, 9.17) is 4.74 Å². The van der Waals surface area contributed by atoms with E-state index in [-0.39, 0.29) is 18.9 Å². The summed E-state index contributed by atoms with van der Waals surface area (Å²) in [5, 5.41) is 12.4. The molecule has 1 aromatic carbocycles. The van der Waals surface area contributed by atoms with Gasteiger partial charge in [-0.25, -0.2) is 4.39 Å². The highest BCUT2D eigenvalue weighted by atomic mass is 19.1. The van der Waals surface area contributed by atoms with Gasteiger partial charge in [0.2, 0.25) is 0 Å². The van der Waals surface area contributed by atoms with Gasteiger partial charge >= 0.3 is 5.97 Å². The molecule has 6 heteroatoms. The van der Waals surface area contributed by atoms with Crippen LogP contribution in [0, 0.1) is 5.82 Å². The quantitative estimate of drug-likeness (QED) is 0.715. The molecule has 1 rings (SSSR count). The molecule has 5 nitrogen and oxygen atoms in total. The van der Waals surface area contributed by atoms with Crippen molar-refractivity contribution in [3.63, 3.8) is 0 Å². The van der Waals surface area contributed by atoms with Gasteiger partial charge in [-0.1, -0.05) is 12.1 Å². The van der Waals surface area contributed by atoms with Crippen LogP contribution >= 0.6 is 0 Å². The second-order valence-corrected chi connectivity index (χ2v) is 4.05. The number of methoxy groups -OCH3 is 1. The van der Waals surface area contributed by atoms with Crippen LogP contribution in [0.15, 0.2) is 24.3 Å². The zero-order chi connectivity index (χ0) is 14.3. The van der Waals surface area contributed by atoms with Crippen molar-refractivity contribution in [1.82, 2.24) is 5.32 Å². The molecular weight excluding hydrogens is 253 g/mol. The predicted octanol–water partition coefficient (Wildman–Crippen LogP) is 0.716. The van der Waals surface area contributed by atoms with Crippen LogP contribution < -0.4 is 10.1 Å². The molecule has 0 aliphatic carbocycles. The van der Waals surface area contributed by atoms with Crippen molar-refractivity contribution in [3.8, 4) is 5.75 Å². The van der Waals surface area contributed by atoms with Crippen LogP contribution in [0.25, 0.3) is 0 Å². The third-order valence-corrected chi connectivity index (χ3v) is 2.48. The number of esters is 1. The van der Waals surface area contributed by atoms with Crippen LogP contribution in [-0.4, -0.2) is 43.5 Å². The van der Waals surface area contributed by atoms with Crippen molar-refractivity contribution in [2.24, 2.45) is 0 Å². The van der Waals surface area contributed by atoms with Gasteiger partial charge in [0.05, 0.1) is 7.11 Å². The number of para-hydroxylation sites is 1. The molecule has 19 heavy (non-hydrogen) atoms. The van der Waals surface area contributed by atoms with Crippen molar-refractivity contribution in [3.05, 3.63) is 30.1 Å². The first-order valence-corrected chi connectivity index (χ1v) is 5.91. The maximum atomic E-state index is 13.2. The van der Waals surface area contributed by atoms with Crippen LogP contribution in [0.1, 0.15) is 6.92 Å². The van der Waals surface area contributed by atoms with Crippen molar-refractivity contribution in [2.45, 2.75) is 19.1 Å². The number of carbonyl (C=O) groups excluding carboxylic acids is 1. The summed E-state index contributed by atoms with van der Waals surface area (Å²) in [5.74, 6) is -0.810. The first-order chi connectivity index (χ1) is 9.04. The Bertz CT molecular complexity index is 413. The Morgan fingerprint density at radius 1 is 1.47 bits per heavy atom. The molecule has 0 bridgehead atoms. The van der Waals surface area contributed by atoms with E-state index in [0.29, 0.717) is 0 Å². The highest BCUT2D eigenvalue weighted by Gasteiger charge is 2.14. The SMILES string of the molecule is COC(=O)C(C)NCC(O)COc1ccccc1F. The molecule has 0 amide bonds. The fraction of sp³-hybridized carbons (Fsp3) is 0.462. The number of aliphatic hydroxyl groups excluding tert-OH is 1. The van der Waals surface area contributed by atoms with Crippen molar-refractivity contribution >= 4 is 5.97 Å². The van der Waals surface area contributed by atoms with E-state index in [2.05, 4.69) is 10.1 Å². The molecule has 0 heterocycles. The lowest BCUT2D eigenvalue weighted by Crippen LogP contribution is -2.41. The third kappa shape index (κ3) is 5.23. The maximum Gasteiger partial charge on any atom is 0.322 e. The van der Waals surface area contributed by atoms with Crippen LogP contribution in [0.3, 0.4) is 0 Å². The number of rotatable bonds is 7. The van der Waals surface area contributed by atoms with Crippen molar-refractivity contribution in [1.29, 1.82) is 0 Å². The van der Waals surface area contributed by atoms with Crippen LogP contribution in [0.5, 0.6) is 5.75 Å². The number of aliphatic hydroxyl groups is 1. The van der Waals surface area contributed by atoms with E-state index in [1.807, 2.05) is 0 Å². The number of benzene rings is 1. The molecule has 0 aromatic heterocycles. The molecule has 2 N–H and O–H groups in total. The second-order valence-electron chi connectivity index (χ2n) is 4.05. The second kappa shape index (κ2) is 7.70. The summed E-state index contributed by atoms with van der Waals surface area (Å²) < 4.78 is 22.9. The normalized spacial score (nSPS) is 13.7. The molecule has 0 saturated heterocycles. The van der Waals surface area contributed by atoms with Gasteiger partial charge < -0.3 is 19.9 Å². The standard InChI is InChI=1S/C13H18FNO4/c1-9(13(17)18-2)15-7-10(16)8-19-12-6-4-3-5-11(12)14/h3-6,9-10,15-16H,7-8H2,1-2H3. The first kappa shape index (κ1) is 15.4. The van der Waals surface area contributed by atoms with Crippen LogP contribution in [-0.2, 0) is 9.53 Å². The van der Waals surface area contributed by atoms with Gasteiger partial charge in [-0.15, -0.1) is 0 Å². The van der Waals surface area contributed by atoms with Gasteiger partial charge in [-0.05, 0) is 19.1 Å². The molecule has 106 valence electrons. The highest BCUT2D eigenvalue weighted by molar-refractivity contribution is 5.75. The summed E-state index contributed by atoms with van der Waals surface area (Å²) in [6.45, 7) is 1.70. The fourth-order valence-corrected chi connectivity index (χ4v) is 1.38. The average Bonchev–Trinajstić information content (AvgIpc) is 2.42. The Morgan fingerprint density at radius 2 is 2.16 bits per heavy atom. The molecule has 2 unspecified atom stereocenters. The summed E-state index contributed by atoms with van der Waals surface area (Å²) in [4.78, 5) is 11.1. The number of hydrogen-bond donors (Lipinski definition) is 2. The third-order valence-electron chi connectivity index (χ3n) is 2.48. The summed E-state index contributed by atoms with van der Waals surface area (Å²) >= 11 is 0. The van der Waals surface area contributed by atoms with E-state index in [1.54, 1.807) is 19.1 Å². The molecule has 2 atom stereocenters. The molecule has 0 aliphatic heterocycles. The topological polar surface area (TPSA) is 67.8 Å². The molecule has 0 aliphatic rings. The monoisotopic (exact) mass is 271 g/mol. The van der Waals surface area contributed by atoms with E-state index in [9.17, 15) is 14.3 Å². The average molecular weight is 271 g/mol. The van der Waals surface area contributed by atoms with Gasteiger partial charge in [0.15, 0.2) is 11.6 Å². The Labute approximate surface area is 111 Å². The van der Waals surface area contributed by atoms with Gasteiger partial charge in [0.25, 0.3) is 0 Å². The summed E-state index contributed by atoms with van der Waals surface area (Å²) in [6.07, 6.45) is -0.855. The number of ether oxygens (including phenoxy) is 2. The Hall–Kier alpha value is -1.66. The van der Waals surface area contributed by atoms with Crippen molar-refractivity contribution in [2.75, 3.05) is 20.3 Å². The number of hydrogen-bond acceptors (Lipinski definition) is 5. The maximum absolute atomic E-state index is 13.2. The largest absolute Gasteiger partial charge is 0.488 e. The number of halogens is 1. The minimum absolute atomic E-state index is 0.0676. The zero-order valence-corrected chi connectivity index (χ0v) is 10.9. The number of nitrogens with one attached hydrogen (secondary N) is 1. The van der Waals surface area contributed by atoms with Gasteiger partial charge in [-0.3, -0.25) is 4.79 Å². The van der Waals surface area contributed by atoms with E-state index in [1.165, 1.54) is 19.2 Å². The molecule has 0 radical (unpaired) electrons. The Balaban J connectivity index is 2.30. The zero-order valence-electron chi connectivity index (χ0n) is 10.9. The van der Waals surface area contributed by atoms with E-state index < -0.39 is 23.9 Å². The Morgan fingerprint density at radius 3 is 2.79 bits per heavy atom. The lowest BCUT2D eigenvalue weighted by atomic mass is 10.3. The summed E-state index contributed by atoms with van der Waals surface area (Å²) in [6, 6.07) is 5.43. The molecular formula is C13H18FNO4. The van der Waals surface area contributed by atoms with Gasteiger partial charge in [0.1, 0.15) is 18.8 Å². The van der Waals surface area contributed by atoms with Crippen LogP contribution in [0.2, 0.25) is 0 Å². The van der Waals surface area contributed by atoms with Gasteiger partial charge in [-0.2, -0.15) is 0 Å². The minimum Gasteiger partial charge on any atom is -0.488 e. The smallest absolute Gasteiger partial charge is 0.322 e. The lowest BCUT2D eigenvalue weighted by molar-refractivity contribution is -0.142. The predicted molar refractivity (Wildman–Crippen MR) is 67.4 cm³/mol. The molecule has 1 aromatic rings. The number of carbonyl (C=O) groups is 1.